The van der Waals surface area contributed by atoms with Gasteiger partial charge in [-0.15, -0.1) is 0 Å². The maximum atomic E-state index is 12.8. The Morgan fingerprint density at radius 2 is 1.95 bits per heavy atom. The number of hydrogen-bond donors (Lipinski definition) is 2. The van der Waals surface area contributed by atoms with E-state index in [4.69, 9.17) is 5.73 Å². The van der Waals surface area contributed by atoms with Gasteiger partial charge in [-0.3, -0.25) is 4.79 Å². The van der Waals surface area contributed by atoms with Crippen molar-refractivity contribution in [2.45, 2.75) is 24.3 Å². The van der Waals surface area contributed by atoms with Gasteiger partial charge in [-0.05, 0) is 31.2 Å². The Morgan fingerprint density at radius 1 is 1.38 bits per heavy atom. The number of carbonyl (C=O) groups excluding carboxylic acids is 1. The molecule has 0 aliphatic carbocycles. The normalized spacial score (nSPS) is 13.0. The van der Waals surface area contributed by atoms with Gasteiger partial charge in [-0.2, -0.15) is 0 Å². The van der Waals surface area contributed by atoms with Crippen LogP contribution in [0.3, 0.4) is 0 Å². The van der Waals surface area contributed by atoms with E-state index in [2.05, 4.69) is 4.72 Å². The zero-order valence-corrected chi connectivity index (χ0v) is 12.9. The molecule has 1 rings (SSSR count). The van der Waals surface area contributed by atoms with Crippen molar-refractivity contribution < 1.29 is 17.6 Å². The molecule has 6 nitrogen and oxygen atoms in total. The second-order valence-corrected chi connectivity index (χ2v) is 6.46. The standard InChI is InChI=1S/C13H20FN3O3S/c1-10(9-15)17(2)13(18)7-8-16-21(19,20)12-5-3-11(14)4-6-12/h3-6,10,16H,7-9,15H2,1-2H3. The predicted molar refractivity (Wildman–Crippen MR) is 77.5 cm³/mol. The molecule has 21 heavy (non-hydrogen) atoms. The SMILES string of the molecule is CC(CN)N(C)C(=O)CCNS(=O)(=O)c1ccc(F)cc1. The highest BCUT2D eigenvalue weighted by Gasteiger charge is 2.17. The smallest absolute Gasteiger partial charge is 0.240 e. The molecule has 3 N–H and O–H groups in total. The Labute approximate surface area is 124 Å². The molecule has 0 aromatic heterocycles. The zero-order chi connectivity index (χ0) is 16.0. The topological polar surface area (TPSA) is 92.5 Å². The molecule has 1 unspecified atom stereocenters. The number of nitrogens with two attached hydrogens (primary N) is 1. The highest BCUT2D eigenvalue weighted by atomic mass is 32.2. The molecule has 0 spiro atoms. The molecule has 0 saturated carbocycles. The minimum Gasteiger partial charge on any atom is -0.342 e. The van der Waals surface area contributed by atoms with Crippen molar-refractivity contribution in [3.63, 3.8) is 0 Å². The van der Waals surface area contributed by atoms with E-state index in [1.807, 2.05) is 0 Å². The van der Waals surface area contributed by atoms with Crippen molar-refractivity contribution in [1.82, 2.24) is 9.62 Å². The van der Waals surface area contributed by atoms with Gasteiger partial charge >= 0.3 is 0 Å². The van der Waals surface area contributed by atoms with Gasteiger partial charge in [0.25, 0.3) is 0 Å². The lowest BCUT2D eigenvalue weighted by Crippen LogP contribution is -2.41. The molecule has 118 valence electrons. The molecular formula is C13H20FN3O3S. The summed E-state index contributed by atoms with van der Waals surface area (Å²) >= 11 is 0. The van der Waals surface area contributed by atoms with Crippen LogP contribution < -0.4 is 10.5 Å². The van der Waals surface area contributed by atoms with Crippen LogP contribution in [0, 0.1) is 5.82 Å². The average molecular weight is 317 g/mol. The summed E-state index contributed by atoms with van der Waals surface area (Å²) in [5.74, 6) is -0.712. The number of sulfonamides is 1. The number of amides is 1. The average Bonchev–Trinajstić information content (AvgIpc) is 2.45. The van der Waals surface area contributed by atoms with E-state index in [0.717, 1.165) is 12.1 Å². The van der Waals surface area contributed by atoms with Crippen molar-refractivity contribution in [2.75, 3.05) is 20.1 Å². The van der Waals surface area contributed by atoms with Crippen LogP contribution in [-0.2, 0) is 14.8 Å². The quantitative estimate of drug-likeness (QED) is 0.756. The summed E-state index contributed by atoms with van der Waals surface area (Å²) in [6.45, 7) is 2.12. The van der Waals surface area contributed by atoms with Gasteiger partial charge in [0.05, 0.1) is 4.90 Å². The van der Waals surface area contributed by atoms with Crippen LogP contribution in [0.1, 0.15) is 13.3 Å². The summed E-state index contributed by atoms with van der Waals surface area (Å²) in [6, 6.07) is 4.36. The first kappa shape index (κ1) is 17.5. The van der Waals surface area contributed by atoms with Gasteiger partial charge in [0.2, 0.25) is 15.9 Å². The summed E-state index contributed by atoms with van der Waals surface area (Å²) in [7, 11) is -2.12. The van der Waals surface area contributed by atoms with Gasteiger partial charge in [0, 0.05) is 32.6 Å². The largest absolute Gasteiger partial charge is 0.342 e. The van der Waals surface area contributed by atoms with Crippen LogP contribution in [0.15, 0.2) is 29.2 Å². The van der Waals surface area contributed by atoms with Crippen LogP contribution in [0.2, 0.25) is 0 Å². The van der Waals surface area contributed by atoms with E-state index in [-0.39, 0.29) is 29.8 Å². The highest BCUT2D eigenvalue weighted by Crippen LogP contribution is 2.09. The molecule has 1 amide bonds. The molecule has 0 radical (unpaired) electrons. The van der Waals surface area contributed by atoms with Crippen molar-refractivity contribution in [3.05, 3.63) is 30.1 Å². The van der Waals surface area contributed by atoms with Crippen molar-refractivity contribution in [3.8, 4) is 0 Å². The minimum atomic E-state index is -3.74. The zero-order valence-electron chi connectivity index (χ0n) is 12.0. The number of carbonyl (C=O) groups is 1. The Morgan fingerprint density at radius 3 is 2.48 bits per heavy atom. The molecule has 0 heterocycles. The van der Waals surface area contributed by atoms with Gasteiger partial charge < -0.3 is 10.6 Å². The molecule has 1 atom stereocenters. The van der Waals surface area contributed by atoms with Crippen LogP contribution >= 0.6 is 0 Å². The lowest BCUT2D eigenvalue weighted by atomic mass is 10.2. The third-order valence-electron chi connectivity index (χ3n) is 3.15. The fourth-order valence-corrected chi connectivity index (χ4v) is 2.60. The number of nitrogens with zero attached hydrogens (tertiary/aromatic N) is 1. The van der Waals surface area contributed by atoms with Gasteiger partial charge in [0.15, 0.2) is 0 Å². The first-order valence-electron chi connectivity index (χ1n) is 6.49. The number of nitrogens with one attached hydrogen (secondary N) is 1. The number of hydrogen-bond acceptors (Lipinski definition) is 4. The predicted octanol–water partition coefficient (Wildman–Crippen LogP) is 0.300. The van der Waals surface area contributed by atoms with Crippen LogP contribution in [-0.4, -0.2) is 45.4 Å². The Bertz CT molecular complexity index is 575. The van der Waals surface area contributed by atoms with E-state index in [1.54, 1.807) is 14.0 Å². The first-order valence-corrected chi connectivity index (χ1v) is 7.97. The summed E-state index contributed by atoms with van der Waals surface area (Å²) in [4.78, 5) is 13.2. The Kier molecular flexibility index (Phi) is 6.25. The lowest BCUT2D eigenvalue weighted by molar-refractivity contribution is -0.131. The van der Waals surface area contributed by atoms with Crippen molar-refractivity contribution in [2.24, 2.45) is 5.73 Å². The molecule has 0 aliphatic rings. The van der Waals surface area contributed by atoms with E-state index < -0.39 is 15.8 Å². The highest BCUT2D eigenvalue weighted by molar-refractivity contribution is 7.89. The van der Waals surface area contributed by atoms with E-state index >= 15 is 0 Å². The van der Waals surface area contributed by atoms with Gasteiger partial charge in [0.1, 0.15) is 5.82 Å². The fraction of sp³-hybridized carbons (Fsp3) is 0.462. The third-order valence-corrected chi connectivity index (χ3v) is 4.63. The molecular weight excluding hydrogens is 297 g/mol. The van der Waals surface area contributed by atoms with Gasteiger partial charge in [-0.25, -0.2) is 17.5 Å². The Balaban J connectivity index is 2.55. The third kappa shape index (κ3) is 5.07. The Hall–Kier alpha value is -1.51. The molecule has 0 saturated heterocycles. The molecule has 1 aromatic carbocycles. The maximum absolute atomic E-state index is 12.8. The summed E-state index contributed by atoms with van der Waals surface area (Å²) in [5, 5.41) is 0. The molecule has 1 aromatic rings. The monoisotopic (exact) mass is 317 g/mol. The number of likely N-dealkylation sites (N-methyl/N-ethyl adjacent to an activating group) is 1. The van der Waals surface area contributed by atoms with E-state index in [0.29, 0.717) is 6.54 Å². The second kappa shape index (κ2) is 7.48. The molecule has 8 heteroatoms. The van der Waals surface area contributed by atoms with Gasteiger partial charge in [-0.1, -0.05) is 0 Å². The summed E-state index contributed by atoms with van der Waals surface area (Å²) in [6.07, 6.45) is 0.0290. The lowest BCUT2D eigenvalue weighted by Gasteiger charge is -2.23. The number of rotatable bonds is 7. The summed E-state index contributed by atoms with van der Waals surface area (Å²) in [5.41, 5.74) is 5.46. The number of benzene rings is 1. The number of halogens is 1. The second-order valence-electron chi connectivity index (χ2n) is 4.69. The first-order chi connectivity index (χ1) is 9.77. The van der Waals surface area contributed by atoms with Crippen molar-refractivity contribution in [1.29, 1.82) is 0 Å². The van der Waals surface area contributed by atoms with E-state index in [9.17, 15) is 17.6 Å². The van der Waals surface area contributed by atoms with Crippen molar-refractivity contribution >= 4 is 15.9 Å². The van der Waals surface area contributed by atoms with Crippen LogP contribution in [0.5, 0.6) is 0 Å². The van der Waals surface area contributed by atoms with Crippen LogP contribution in [0.25, 0.3) is 0 Å². The maximum Gasteiger partial charge on any atom is 0.240 e. The fourth-order valence-electron chi connectivity index (χ4n) is 1.57. The van der Waals surface area contributed by atoms with Crippen LogP contribution in [0.4, 0.5) is 4.39 Å². The summed E-state index contributed by atoms with van der Waals surface area (Å²) < 4.78 is 38.9. The van der Waals surface area contributed by atoms with E-state index in [1.165, 1.54) is 17.0 Å². The molecule has 0 aliphatic heterocycles. The molecule has 0 bridgehead atoms. The molecule has 0 fully saturated rings. The minimum absolute atomic E-state index is 0.0276.